The second kappa shape index (κ2) is 14.6. The minimum Gasteiger partial charge on any atom is -0.493 e. The SMILES string of the molecule is CCCOc1cc(C2CCC(c3cc(OC)c(OC)c(OC)c3)O2)cc(S(=O)(=O)CCNCC)c1OCCC. The van der Waals surface area contributed by atoms with Crippen LogP contribution >= 0.6 is 0 Å². The van der Waals surface area contributed by atoms with Crippen molar-refractivity contribution in [1.82, 2.24) is 5.32 Å². The third kappa shape index (κ3) is 7.49. The molecule has 0 aromatic heterocycles. The van der Waals surface area contributed by atoms with E-state index in [2.05, 4.69) is 5.32 Å². The lowest BCUT2D eigenvalue weighted by atomic mass is 10.0. The van der Waals surface area contributed by atoms with Crippen LogP contribution in [0.1, 0.15) is 69.8 Å². The highest BCUT2D eigenvalue weighted by atomic mass is 32.2. The largest absolute Gasteiger partial charge is 0.493 e. The minimum absolute atomic E-state index is 0.0421. The summed E-state index contributed by atoms with van der Waals surface area (Å²) in [7, 11) is 1.07. The molecule has 1 fully saturated rings. The quantitative estimate of drug-likeness (QED) is 0.273. The molecule has 2 aromatic rings. The Balaban J connectivity index is 2.00. The molecule has 10 heteroatoms. The fraction of sp³-hybridized carbons (Fsp3) is 0.586. The third-order valence-corrected chi connectivity index (χ3v) is 8.25. The van der Waals surface area contributed by atoms with E-state index < -0.39 is 9.84 Å². The Morgan fingerprint density at radius 1 is 0.795 bits per heavy atom. The number of hydrogen-bond acceptors (Lipinski definition) is 9. The molecule has 1 N–H and O–H groups in total. The van der Waals surface area contributed by atoms with Crippen LogP contribution in [0.5, 0.6) is 28.7 Å². The predicted molar refractivity (Wildman–Crippen MR) is 151 cm³/mol. The first-order valence-corrected chi connectivity index (χ1v) is 15.3. The van der Waals surface area contributed by atoms with Crippen LogP contribution in [0.4, 0.5) is 0 Å². The fourth-order valence-corrected chi connectivity index (χ4v) is 5.98. The highest BCUT2D eigenvalue weighted by molar-refractivity contribution is 7.91. The van der Waals surface area contributed by atoms with Crippen LogP contribution in [0.15, 0.2) is 29.2 Å². The van der Waals surface area contributed by atoms with Gasteiger partial charge in [-0.2, -0.15) is 0 Å². The van der Waals surface area contributed by atoms with Crippen molar-refractivity contribution in [3.8, 4) is 28.7 Å². The van der Waals surface area contributed by atoms with E-state index in [1.54, 1.807) is 27.4 Å². The molecule has 1 saturated heterocycles. The van der Waals surface area contributed by atoms with E-state index in [1.165, 1.54) is 0 Å². The normalized spacial score (nSPS) is 17.2. The van der Waals surface area contributed by atoms with Gasteiger partial charge in [0.25, 0.3) is 0 Å². The van der Waals surface area contributed by atoms with Crippen molar-refractivity contribution in [2.45, 2.75) is 63.6 Å². The summed E-state index contributed by atoms with van der Waals surface area (Å²) < 4.78 is 62.0. The maximum atomic E-state index is 13.5. The summed E-state index contributed by atoms with van der Waals surface area (Å²) in [5.41, 5.74) is 1.65. The number of hydrogen-bond donors (Lipinski definition) is 1. The molecule has 0 saturated carbocycles. The third-order valence-electron chi connectivity index (χ3n) is 6.54. The van der Waals surface area contributed by atoms with Crippen LogP contribution in [0.25, 0.3) is 0 Å². The Morgan fingerprint density at radius 3 is 1.90 bits per heavy atom. The Bertz CT molecular complexity index is 1160. The van der Waals surface area contributed by atoms with Gasteiger partial charge < -0.3 is 33.7 Å². The molecule has 39 heavy (non-hydrogen) atoms. The first-order valence-electron chi connectivity index (χ1n) is 13.7. The lowest BCUT2D eigenvalue weighted by Gasteiger charge is -2.21. The Hall–Kier alpha value is -2.69. The van der Waals surface area contributed by atoms with Gasteiger partial charge in [-0.15, -0.1) is 0 Å². The zero-order chi connectivity index (χ0) is 28.4. The predicted octanol–water partition coefficient (Wildman–Crippen LogP) is 5.27. The molecule has 3 rings (SSSR count). The van der Waals surface area contributed by atoms with E-state index in [-0.39, 0.29) is 28.6 Å². The monoisotopic (exact) mass is 565 g/mol. The summed E-state index contributed by atoms with van der Waals surface area (Å²) in [4.78, 5) is 0.150. The van der Waals surface area contributed by atoms with Crippen molar-refractivity contribution >= 4 is 9.84 Å². The van der Waals surface area contributed by atoms with Gasteiger partial charge >= 0.3 is 0 Å². The smallest absolute Gasteiger partial charge is 0.203 e. The number of nitrogens with one attached hydrogen (secondary N) is 1. The molecule has 1 aliphatic rings. The average Bonchev–Trinajstić information content (AvgIpc) is 3.44. The van der Waals surface area contributed by atoms with E-state index in [0.29, 0.717) is 55.7 Å². The second-order valence-electron chi connectivity index (χ2n) is 9.37. The summed E-state index contributed by atoms with van der Waals surface area (Å²) in [6.07, 6.45) is 2.43. The molecular formula is C29H43NO8S. The maximum absolute atomic E-state index is 13.5. The molecule has 218 valence electrons. The van der Waals surface area contributed by atoms with Crippen LogP contribution in [0, 0.1) is 0 Å². The Morgan fingerprint density at radius 2 is 1.36 bits per heavy atom. The number of benzene rings is 2. The van der Waals surface area contributed by atoms with Crippen molar-refractivity contribution in [1.29, 1.82) is 0 Å². The van der Waals surface area contributed by atoms with Crippen molar-refractivity contribution in [3.05, 3.63) is 35.4 Å². The molecule has 0 bridgehead atoms. The average molecular weight is 566 g/mol. The molecule has 0 radical (unpaired) electrons. The van der Waals surface area contributed by atoms with Gasteiger partial charge in [-0.1, -0.05) is 20.8 Å². The fourth-order valence-electron chi connectivity index (χ4n) is 4.59. The van der Waals surface area contributed by atoms with Crippen LogP contribution < -0.4 is 29.0 Å². The summed E-state index contributed by atoms with van der Waals surface area (Å²) in [5.74, 6) is 2.31. The van der Waals surface area contributed by atoms with Crippen LogP contribution in [-0.4, -0.2) is 61.8 Å². The zero-order valence-corrected chi connectivity index (χ0v) is 24.8. The van der Waals surface area contributed by atoms with Gasteiger partial charge in [0.1, 0.15) is 4.90 Å². The summed E-state index contributed by atoms with van der Waals surface area (Å²) in [5, 5.41) is 3.10. The van der Waals surface area contributed by atoms with E-state index in [9.17, 15) is 8.42 Å². The molecule has 2 atom stereocenters. The second-order valence-corrected chi connectivity index (χ2v) is 11.4. The van der Waals surface area contributed by atoms with Crippen molar-refractivity contribution < 1.29 is 36.8 Å². The van der Waals surface area contributed by atoms with Gasteiger partial charge in [0.15, 0.2) is 32.8 Å². The molecule has 0 amide bonds. The highest BCUT2D eigenvalue weighted by Gasteiger charge is 2.33. The number of ether oxygens (including phenoxy) is 6. The molecule has 9 nitrogen and oxygen atoms in total. The topological polar surface area (TPSA) is 102 Å². The van der Waals surface area contributed by atoms with Crippen molar-refractivity contribution in [2.24, 2.45) is 0 Å². The van der Waals surface area contributed by atoms with Crippen molar-refractivity contribution in [3.63, 3.8) is 0 Å². The molecule has 1 heterocycles. The van der Waals surface area contributed by atoms with E-state index in [1.807, 2.05) is 39.0 Å². The van der Waals surface area contributed by atoms with E-state index in [4.69, 9.17) is 28.4 Å². The molecular weight excluding hydrogens is 522 g/mol. The zero-order valence-electron chi connectivity index (χ0n) is 24.0. The standard InChI is InChI=1S/C29H43NO8S/c1-7-13-36-26-18-21(19-27(29(26)37-14-8-2)39(31,32)15-12-30-9-3)23-11-10-22(38-23)20-16-24(33-4)28(35-6)25(17-20)34-5/h16-19,22-23,30H,7-15H2,1-6H3. The van der Waals surface area contributed by atoms with E-state index in [0.717, 1.165) is 30.4 Å². The maximum Gasteiger partial charge on any atom is 0.203 e. The van der Waals surface area contributed by atoms with Gasteiger partial charge in [-0.3, -0.25) is 0 Å². The van der Waals surface area contributed by atoms with Gasteiger partial charge in [0, 0.05) is 6.54 Å². The first-order chi connectivity index (χ1) is 18.8. The minimum atomic E-state index is -3.65. The lowest BCUT2D eigenvalue weighted by Crippen LogP contribution is -2.23. The Labute approximate surface area is 233 Å². The molecule has 0 spiro atoms. The summed E-state index contributed by atoms with van der Waals surface area (Å²) in [6, 6.07) is 7.35. The van der Waals surface area contributed by atoms with Gasteiger partial charge in [-0.05, 0) is 67.6 Å². The van der Waals surface area contributed by atoms with Gasteiger partial charge in [-0.25, -0.2) is 8.42 Å². The Kier molecular flexibility index (Phi) is 11.6. The first kappa shape index (κ1) is 30.8. The van der Waals surface area contributed by atoms with Gasteiger partial charge in [0.05, 0.1) is 52.5 Å². The highest BCUT2D eigenvalue weighted by Crippen LogP contribution is 2.48. The van der Waals surface area contributed by atoms with E-state index >= 15 is 0 Å². The van der Waals surface area contributed by atoms with Crippen LogP contribution in [0.3, 0.4) is 0 Å². The lowest BCUT2D eigenvalue weighted by molar-refractivity contribution is 0.0435. The van der Waals surface area contributed by atoms with Crippen LogP contribution in [0.2, 0.25) is 0 Å². The van der Waals surface area contributed by atoms with Gasteiger partial charge in [0.2, 0.25) is 5.75 Å². The molecule has 0 aliphatic carbocycles. The summed E-state index contributed by atoms with van der Waals surface area (Å²) >= 11 is 0. The molecule has 2 unspecified atom stereocenters. The number of rotatable bonds is 16. The number of sulfone groups is 1. The summed E-state index contributed by atoms with van der Waals surface area (Å²) in [6.45, 7) is 7.82. The van der Waals surface area contributed by atoms with Crippen LogP contribution in [-0.2, 0) is 14.6 Å². The molecule has 2 aromatic carbocycles. The van der Waals surface area contributed by atoms with Crippen molar-refractivity contribution in [2.75, 3.05) is 53.4 Å². The molecule has 1 aliphatic heterocycles. The number of methoxy groups -OCH3 is 3.